The van der Waals surface area contributed by atoms with Gasteiger partial charge in [0, 0.05) is 6.54 Å². The normalized spacial score (nSPS) is 16.1. The maximum absolute atomic E-state index is 5.40. The van der Waals surface area contributed by atoms with E-state index in [0.29, 0.717) is 0 Å². The molecule has 0 amide bonds. The van der Waals surface area contributed by atoms with Gasteiger partial charge in [-0.3, -0.25) is 0 Å². The number of methoxy groups -OCH3 is 1. The van der Waals surface area contributed by atoms with Crippen LogP contribution < -0.4 is 4.74 Å². The average molecular weight is 248 g/mol. The first-order valence-corrected chi connectivity index (χ1v) is 6.46. The summed E-state index contributed by atoms with van der Waals surface area (Å²) in [5, 5.41) is 0. The van der Waals surface area contributed by atoms with Crippen molar-refractivity contribution in [1.29, 1.82) is 0 Å². The minimum absolute atomic E-state index is 0.798. The van der Waals surface area contributed by atoms with E-state index in [2.05, 4.69) is 15.6 Å². The average Bonchev–Trinajstić information content (AvgIpc) is 2.59. The first kappa shape index (κ1) is 10.8. The zero-order valence-electron chi connectivity index (χ0n) is 9.90. The van der Waals surface area contributed by atoms with Crippen LogP contribution in [0.25, 0.3) is 11.0 Å². The quantitative estimate of drug-likeness (QED) is 0.842. The second-order valence-corrected chi connectivity index (χ2v) is 5.08. The third-order valence-corrected chi connectivity index (χ3v) is 3.98. The monoisotopic (exact) mass is 248 g/mol. The summed E-state index contributed by atoms with van der Waals surface area (Å²) in [7, 11) is 1.69. The molecule has 1 aromatic carbocycles. The van der Waals surface area contributed by atoms with Gasteiger partial charge in [-0.05, 0) is 43.1 Å². The minimum Gasteiger partial charge on any atom is -0.494 e. The van der Waals surface area contributed by atoms with E-state index in [1.54, 1.807) is 7.11 Å². The number of hydrogen-bond acceptors (Lipinski definition) is 2. The molecule has 0 aliphatic heterocycles. The van der Waals surface area contributed by atoms with Crippen molar-refractivity contribution in [2.45, 2.75) is 25.8 Å². The number of nitrogens with one attached hydrogen (secondary N) is 1. The van der Waals surface area contributed by atoms with Gasteiger partial charge in [0.15, 0.2) is 4.77 Å². The topological polar surface area (TPSA) is 29.9 Å². The number of benzene rings is 1. The molecule has 0 radical (unpaired) electrons. The molecule has 3 rings (SSSR count). The van der Waals surface area contributed by atoms with Crippen LogP contribution in [0.5, 0.6) is 5.75 Å². The molecule has 1 aromatic heterocycles. The van der Waals surface area contributed by atoms with E-state index in [1.807, 2.05) is 12.1 Å². The van der Waals surface area contributed by atoms with Crippen LogP contribution in [0, 0.1) is 10.7 Å². The fourth-order valence-corrected chi connectivity index (χ4v) is 2.71. The van der Waals surface area contributed by atoms with E-state index < -0.39 is 0 Å². The Hall–Kier alpha value is -1.29. The van der Waals surface area contributed by atoms with Gasteiger partial charge >= 0.3 is 0 Å². The molecule has 0 bridgehead atoms. The van der Waals surface area contributed by atoms with Gasteiger partial charge in [0.05, 0.1) is 12.6 Å². The highest BCUT2D eigenvalue weighted by atomic mass is 32.1. The molecule has 1 aliphatic rings. The number of H-pyrrole nitrogens is 1. The molecule has 1 N–H and O–H groups in total. The number of ether oxygens (including phenoxy) is 1. The summed E-state index contributed by atoms with van der Waals surface area (Å²) in [5.74, 6) is 1.66. The van der Waals surface area contributed by atoms with E-state index in [4.69, 9.17) is 17.0 Å². The van der Waals surface area contributed by atoms with Gasteiger partial charge in [-0.25, -0.2) is 0 Å². The van der Waals surface area contributed by atoms with E-state index in [9.17, 15) is 0 Å². The Balaban J connectivity index is 2.10. The predicted molar refractivity (Wildman–Crippen MR) is 71.0 cm³/mol. The molecule has 4 heteroatoms. The number of aromatic amines is 1. The van der Waals surface area contributed by atoms with Gasteiger partial charge in [0.2, 0.25) is 0 Å². The summed E-state index contributed by atoms with van der Waals surface area (Å²) in [6.07, 6.45) is 4.03. The Morgan fingerprint density at radius 2 is 2.29 bits per heavy atom. The second-order valence-electron chi connectivity index (χ2n) is 4.69. The molecule has 1 fully saturated rings. The smallest absolute Gasteiger partial charge is 0.178 e. The van der Waals surface area contributed by atoms with Crippen LogP contribution in [0.1, 0.15) is 19.3 Å². The van der Waals surface area contributed by atoms with Crippen molar-refractivity contribution in [2.24, 2.45) is 5.92 Å². The van der Waals surface area contributed by atoms with Crippen molar-refractivity contribution >= 4 is 23.3 Å². The number of aromatic nitrogens is 2. The summed E-state index contributed by atoms with van der Waals surface area (Å²) in [4.78, 5) is 3.25. The number of imidazole rings is 1. The van der Waals surface area contributed by atoms with Crippen LogP contribution in [-0.2, 0) is 6.54 Å². The molecular formula is C13H16N2OS. The Bertz CT molecular complexity index is 595. The van der Waals surface area contributed by atoms with Gasteiger partial charge < -0.3 is 14.3 Å². The first-order chi connectivity index (χ1) is 8.29. The van der Waals surface area contributed by atoms with Gasteiger partial charge in [-0.1, -0.05) is 12.5 Å². The molecule has 90 valence electrons. The molecule has 1 saturated carbocycles. The lowest BCUT2D eigenvalue weighted by Crippen LogP contribution is -2.17. The summed E-state index contributed by atoms with van der Waals surface area (Å²) < 4.78 is 8.36. The number of rotatable bonds is 3. The number of nitrogens with zero attached hydrogens (tertiary/aromatic N) is 1. The van der Waals surface area contributed by atoms with Crippen LogP contribution in [0.2, 0.25) is 0 Å². The lowest BCUT2D eigenvalue weighted by atomic mass is 9.85. The minimum atomic E-state index is 0.798. The zero-order valence-corrected chi connectivity index (χ0v) is 10.7. The van der Waals surface area contributed by atoms with Gasteiger partial charge in [0.25, 0.3) is 0 Å². The third-order valence-electron chi connectivity index (χ3n) is 3.66. The Labute approximate surface area is 105 Å². The maximum Gasteiger partial charge on any atom is 0.178 e. The van der Waals surface area contributed by atoms with Crippen LogP contribution in [-0.4, -0.2) is 16.7 Å². The van der Waals surface area contributed by atoms with Crippen LogP contribution in [0.4, 0.5) is 0 Å². The fourth-order valence-electron chi connectivity index (χ4n) is 2.44. The van der Waals surface area contributed by atoms with E-state index >= 15 is 0 Å². The van der Waals surface area contributed by atoms with E-state index in [0.717, 1.165) is 34.0 Å². The summed E-state index contributed by atoms with van der Waals surface area (Å²) >= 11 is 5.40. The SMILES string of the molecule is COc1cccc2c1[nH]c(=S)n2CC1CCC1. The molecule has 3 nitrogen and oxygen atoms in total. The second kappa shape index (κ2) is 4.18. The maximum atomic E-state index is 5.40. The van der Waals surface area contributed by atoms with E-state index in [1.165, 1.54) is 19.3 Å². The van der Waals surface area contributed by atoms with Gasteiger partial charge in [0.1, 0.15) is 11.3 Å². The van der Waals surface area contributed by atoms with Crippen molar-refractivity contribution in [3.63, 3.8) is 0 Å². The van der Waals surface area contributed by atoms with Crippen molar-refractivity contribution in [2.75, 3.05) is 7.11 Å². The molecule has 1 aliphatic carbocycles. The summed E-state index contributed by atoms with van der Waals surface area (Å²) in [6, 6.07) is 6.07. The van der Waals surface area contributed by atoms with Crippen LogP contribution in [0.3, 0.4) is 0 Å². The summed E-state index contributed by atoms with van der Waals surface area (Å²) in [5.41, 5.74) is 2.17. The highest BCUT2D eigenvalue weighted by Gasteiger charge is 2.19. The fraction of sp³-hybridized carbons (Fsp3) is 0.462. The van der Waals surface area contributed by atoms with Gasteiger partial charge in [-0.2, -0.15) is 0 Å². The Morgan fingerprint density at radius 3 is 2.94 bits per heavy atom. The van der Waals surface area contributed by atoms with Crippen molar-refractivity contribution in [3.8, 4) is 5.75 Å². The molecule has 1 heterocycles. The largest absolute Gasteiger partial charge is 0.494 e. The van der Waals surface area contributed by atoms with Crippen LogP contribution >= 0.6 is 12.2 Å². The standard InChI is InChI=1S/C13H16N2OS/c1-16-11-7-3-6-10-12(11)14-13(17)15(10)8-9-4-2-5-9/h3,6-7,9H,2,4-5,8H2,1H3,(H,14,17). The van der Waals surface area contributed by atoms with Crippen molar-refractivity contribution in [1.82, 2.24) is 9.55 Å². The number of para-hydroxylation sites is 1. The number of hydrogen-bond donors (Lipinski definition) is 1. The lowest BCUT2D eigenvalue weighted by molar-refractivity contribution is 0.278. The predicted octanol–water partition coefficient (Wildman–Crippen LogP) is 3.51. The lowest BCUT2D eigenvalue weighted by Gasteiger charge is -2.25. The number of fused-ring (bicyclic) bond motifs is 1. The Kier molecular flexibility index (Phi) is 2.67. The van der Waals surface area contributed by atoms with Gasteiger partial charge in [-0.15, -0.1) is 0 Å². The molecule has 17 heavy (non-hydrogen) atoms. The molecule has 0 spiro atoms. The third kappa shape index (κ3) is 1.76. The highest BCUT2D eigenvalue weighted by molar-refractivity contribution is 7.71. The zero-order chi connectivity index (χ0) is 11.8. The van der Waals surface area contributed by atoms with Crippen molar-refractivity contribution in [3.05, 3.63) is 23.0 Å². The van der Waals surface area contributed by atoms with E-state index in [-0.39, 0.29) is 0 Å². The molecule has 0 saturated heterocycles. The highest BCUT2D eigenvalue weighted by Crippen LogP contribution is 2.31. The molecule has 0 unspecified atom stereocenters. The first-order valence-electron chi connectivity index (χ1n) is 6.05. The molecular weight excluding hydrogens is 232 g/mol. The molecule has 2 aromatic rings. The molecule has 0 atom stereocenters. The summed E-state index contributed by atoms with van der Waals surface area (Å²) in [6.45, 7) is 1.03. The van der Waals surface area contributed by atoms with Crippen molar-refractivity contribution < 1.29 is 4.74 Å². The Morgan fingerprint density at radius 1 is 1.47 bits per heavy atom. The van der Waals surface area contributed by atoms with Crippen LogP contribution in [0.15, 0.2) is 18.2 Å².